The van der Waals surface area contributed by atoms with Crippen LogP contribution in [0.1, 0.15) is 31.9 Å². The Morgan fingerprint density at radius 3 is 2.55 bits per heavy atom. The fourth-order valence-corrected chi connectivity index (χ4v) is 2.13. The van der Waals surface area contributed by atoms with Gasteiger partial charge in [-0.3, -0.25) is 0 Å². The molecule has 0 bridgehead atoms. The van der Waals surface area contributed by atoms with Crippen LogP contribution < -0.4 is 10.1 Å². The number of hydrogen-bond acceptors (Lipinski definition) is 4. The molecule has 4 nitrogen and oxygen atoms in total. The van der Waals surface area contributed by atoms with Crippen LogP contribution in [0.3, 0.4) is 0 Å². The fraction of sp³-hybridized carbons (Fsp3) is 0.625. The number of hydrogen-bond donors (Lipinski definition) is 1. The molecular formula is C16H27NO3. The molecule has 0 radical (unpaired) electrons. The SMILES string of the molecule is CCNC(CC(C)OC)c1ccccc1OCCOC. The monoisotopic (exact) mass is 281 g/mol. The number of para-hydroxylation sites is 1. The molecule has 0 saturated carbocycles. The van der Waals surface area contributed by atoms with Crippen molar-refractivity contribution in [2.45, 2.75) is 32.4 Å². The molecule has 0 aliphatic carbocycles. The Labute approximate surface area is 122 Å². The average molecular weight is 281 g/mol. The summed E-state index contributed by atoms with van der Waals surface area (Å²) in [5, 5.41) is 3.50. The summed E-state index contributed by atoms with van der Waals surface area (Å²) < 4.78 is 16.2. The third-order valence-corrected chi connectivity index (χ3v) is 3.26. The summed E-state index contributed by atoms with van der Waals surface area (Å²) in [4.78, 5) is 0. The Balaban J connectivity index is 2.82. The lowest BCUT2D eigenvalue weighted by atomic mass is 10.00. The minimum Gasteiger partial charge on any atom is -0.491 e. The van der Waals surface area contributed by atoms with Crippen molar-refractivity contribution in [1.29, 1.82) is 0 Å². The van der Waals surface area contributed by atoms with Crippen LogP contribution >= 0.6 is 0 Å². The topological polar surface area (TPSA) is 39.7 Å². The summed E-state index contributed by atoms with van der Waals surface area (Å²) in [6.07, 6.45) is 1.11. The number of methoxy groups -OCH3 is 2. The molecule has 1 N–H and O–H groups in total. The van der Waals surface area contributed by atoms with Crippen molar-refractivity contribution >= 4 is 0 Å². The van der Waals surface area contributed by atoms with Crippen molar-refractivity contribution in [1.82, 2.24) is 5.32 Å². The highest BCUT2D eigenvalue weighted by atomic mass is 16.5. The van der Waals surface area contributed by atoms with Gasteiger partial charge in [0, 0.05) is 25.8 Å². The summed E-state index contributed by atoms with van der Waals surface area (Å²) in [6.45, 7) is 6.26. The Bertz CT molecular complexity index is 370. The minimum atomic E-state index is 0.200. The third kappa shape index (κ3) is 5.49. The van der Waals surface area contributed by atoms with E-state index in [9.17, 15) is 0 Å². The summed E-state index contributed by atoms with van der Waals surface area (Å²) in [6, 6.07) is 8.38. The van der Waals surface area contributed by atoms with Gasteiger partial charge in [0.2, 0.25) is 0 Å². The lowest BCUT2D eigenvalue weighted by Gasteiger charge is -2.23. The van der Waals surface area contributed by atoms with Crippen LogP contribution in [0.5, 0.6) is 5.75 Å². The van der Waals surface area contributed by atoms with E-state index in [0.717, 1.165) is 18.7 Å². The number of rotatable bonds is 10. The van der Waals surface area contributed by atoms with Crippen molar-refractivity contribution in [3.05, 3.63) is 29.8 Å². The lowest BCUT2D eigenvalue weighted by molar-refractivity contribution is 0.0997. The molecule has 0 aromatic heterocycles. The molecule has 114 valence electrons. The first-order chi connectivity index (χ1) is 9.72. The van der Waals surface area contributed by atoms with Crippen LogP contribution in [0.15, 0.2) is 24.3 Å². The van der Waals surface area contributed by atoms with E-state index in [-0.39, 0.29) is 12.1 Å². The molecule has 0 aliphatic heterocycles. The highest BCUT2D eigenvalue weighted by molar-refractivity contribution is 5.36. The van der Waals surface area contributed by atoms with Gasteiger partial charge in [-0.1, -0.05) is 25.1 Å². The van der Waals surface area contributed by atoms with Gasteiger partial charge in [0.25, 0.3) is 0 Å². The number of nitrogens with one attached hydrogen (secondary N) is 1. The predicted molar refractivity (Wildman–Crippen MR) is 81.3 cm³/mol. The molecule has 0 heterocycles. The zero-order chi connectivity index (χ0) is 14.8. The van der Waals surface area contributed by atoms with Crippen molar-refractivity contribution in [3.63, 3.8) is 0 Å². The fourth-order valence-electron chi connectivity index (χ4n) is 2.13. The van der Waals surface area contributed by atoms with E-state index in [1.165, 1.54) is 5.56 Å². The van der Waals surface area contributed by atoms with E-state index in [4.69, 9.17) is 14.2 Å². The van der Waals surface area contributed by atoms with Crippen LogP contribution in [0.2, 0.25) is 0 Å². The Morgan fingerprint density at radius 2 is 1.90 bits per heavy atom. The number of ether oxygens (including phenoxy) is 3. The second kappa shape index (κ2) is 9.75. The second-order valence-electron chi connectivity index (χ2n) is 4.77. The minimum absolute atomic E-state index is 0.200. The highest BCUT2D eigenvalue weighted by Gasteiger charge is 2.17. The molecule has 4 heteroatoms. The first-order valence-corrected chi connectivity index (χ1v) is 7.19. The van der Waals surface area contributed by atoms with Crippen LogP contribution in [0.4, 0.5) is 0 Å². The molecule has 2 atom stereocenters. The molecule has 0 amide bonds. The largest absolute Gasteiger partial charge is 0.491 e. The van der Waals surface area contributed by atoms with Crippen LogP contribution in [0.25, 0.3) is 0 Å². The quantitative estimate of drug-likeness (QED) is 0.669. The van der Waals surface area contributed by atoms with Crippen LogP contribution in [-0.4, -0.2) is 40.1 Å². The van der Waals surface area contributed by atoms with Crippen molar-refractivity contribution in [2.24, 2.45) is 0 Å². The molecular weight excluding hydrogens is 254 g/mol. The first-order valence-electron chi connectivity index (χ1n) is 7.19. The molecule has 1 rings (SSSR count). The van der Waals surface area contributed by atoms with Crippen molar-refractivity contribution in [2.75, 3.05) is 34.0 Å². The Morgan fingerprint density at radius 1 is 1.15 bits per heavy atom. The van der Waals surface area contributed by atoms with E-state index < -0.39 is 0 Å². The van der Waals surface area contributed by atoms with E-state index >= 15 is 0 Å². The molecule has 1 aromatic rings. The van der Waals surface area contributed by atoms with Gasteiger partial charge in [-0.2, -0.15) is 0 Å². The van der Waals surface area contributed by atoms with Gasteiger partial charge in [0.15, 0.2) is 0 Å². The zero-order valence-electron chi connectivity index (χ0n) is 13.0. The van der Waals surface area contributed by atoms with Gasteiger partial charge in [-0.15, -0.1) is 0 Å². The molecule has 20 heavy (non-hydrogen) atoms. The highest BCUT2D eigenvalue weighted by Crippen LogP contribution is 2.28. The van der Waals surface area contributed by atoms with Crippen molar-refractivity contribution < 1.29 is 14.2 Å². The van der Waals surface area contributed by atoms with E-state index in [1.54, 1.807) is 14.2 Å². The van der Waals surface area contributed by atoms with Crippen LogP contribution in [-0.2, 0) is 9.47 Å². The van der Waals surface area contributed by atoms with Gasteiger partial charge in [-0.05, 0) is 26.0 Å². The van der Waals surface area contributed by atoms with Gasteiger partial charge < -0.3 is 19.5 Å². The lowest BCUT2D eigenvalue weighted by Crippen LogP contribution is -2.25. The smallest absolute Gasteiger partial charge is 0.124 e. The maximum absolute atomic E-state index is 5.81. The van der Waals surface area contributed by atoms with Crippen molar-refractivity contribution in [3.8, 4) is 5.75 Å². The molecule has 2 unspecified atom stereocenters. The summed E-state index contributed by atoms with van der Waals surface area (Å²) in [5.74, 6) is 0.916. The predicted octanol–water partition coefficient (Wildman–Crippen LogP) is 2.79. The average Bonchev–Trinajstić information content (AvgIpc) is 2.47. The third-order valence-electron chi connectivity index (χ3n) is 3.26. The summed E-state index contributed by atoms with van der Waals surface area (Å²) >= 11 is 0. The summed E-state index contributed by atoms with van der Waals surface area (Å²) in [5.41, 5.74) is 1.18. The Kier molecular flexibility index (Phi) is 8.26. The van der Waals surface area contributed by atoms with Gasteiger partial charge in [0.1, 0.15) is 12.4 Å². The molecule has 0 spiro atoms. The van der Waals surface area contributed by atoms with Gasteiger partial charge in [0.05, 0.1) is 12.7 Å². The second-order valence-corrected chi connectivity index (χ2v) is 4.77. The molecule has 0 saturated heterocycles. The summed E-state index contributed by atoms with van der Waals surface area (Å²) in [7, 11) is 3.42. The zero-order valence-corrected chi connectivity index (χ0v) is 13.0. The number of benzene rings is 1. The maximum Gasteiger partial charge on any atom is 0.124 e. The van der Waals surface area contributed by atoms with Crippen LogP contribution in [0, 0.1) is 0 Å². The van der Waals surface area contributed by atoms with E-state index in [0.29, 0.717) is 13.2 Å². The van der Waals surface area contributed by atoms with E-state index in [1.807, 2.05) is 18.2 Å². The molecule has 0 aliphatic rings. The normalized spacial score (nSPS) is 14.0. The van der Waals surface area contributed by atoms with Gasteiger partial charge in [-0.25, -0.2) is 0 Å². The molecule has 1 aromatic carbocycles. The first kappa shape index (κ1) is 17.0. The maximum atomic E-state index is 5.81. The standard InChI is InChI=1S/C16H27NO3/c1-5-17-15(12-13(2)19-4)14-8-6-7-9-16(14)20-11-10-18-3/h6-9,13,15,17H,5,10-12H2,1-4H3. The van der Waals surface area contributed by atoms with Gasteiger partial charge >= 0.3 is 0 Å². The Hall–Kier alpha value is -1.10. The molecule has 0 fully saturated rings. The van der Waals surface area contributed by atoms with E-state index in [2.05, 4.69) is 25.2 Å².